The van der Waals surface area contributed by atoms with Crippen molar-refractivity contribution in [2.75, 3.05) is 0 Å². The summed E-state index contributed by atoms with van der Waals surface area (Å²) in [5.41, 5.74) is 4.31. The second-order valence-corrected chi connectivity index (χ2v) is 10.2. The highest BCUT2D eigenvalue weighted by atomic mass is 32.2. The van der Waals surface area contributed by atoms with Crippen molar-refractivity contribution in [1.29, 1.82) is 0 Å². The van der Waals surface area contributed by atoms with Crippen LogP contribution in [-0.4, -0.2) is 19.5 Å². The van der Waals surface area contributed by atoms with Gasteiger partial charge in [-0.15, -0.1) is 11.3 Å². The van der Waals surface area contributed by atoms with E-state index < -0.39 is 0 Å². The molecule has 6 nitrogen and oxygen atoms in total. The molecule has 3 heterocycles. The quantitative estimate of drug-likeness (QED) is 0.286. The minimum absolute atomic E-state index is 0.113. The second-order valence-electron chi connectivity index (χ2n) is 8.04. The third-order valence-corrected chi connectivity index (χ3v) is 8.04. The lowest BCUT2D eigenvalue weighted by molar-refractivity contribution is 0.812. The Bertz CT molecular complexity index is 1660. The number of benzene rings is 2. The Morgan fingerprint density at radius 1 is 0.970 bits per heavy atom. The molecule has 166 valence electrons. The highest BCUT2D eigenvalue weighted by Crippen LogP contribution is 2.28. The standard InChI is InChI=1S/C25H22N4O2S2/c1-13-8-7-11-19(14(13)2)29-24(31)17-9-5-6-10-18(17)26-25(29)32-12-20-27-22(30)21-15(3)16(4)33-23(21)28-20/h5-11H,12H2,1-4H3,(H,27,28,30). The van der Waals surface area contributed by atoms with Crippen LogP contribution in [0, 0.1) is 27.7 Å². The number of thiophene rings is 1. The minimum atomic E-state index is -0.129. The summed E-state index contributed by atoms with van der Waals surface area (Å²) in [5, 5.41) is 1.79. The number of hydrogen-bond donors (Lipinski definition) is 1. The fourth-order valence-electron chi connectivity index (χ4n) is 3.90. The summed E-state index contributed by atoms with van der Waals surface area (Å²) in [7, 11) is 0. The number of para-hydroxylation sites is 1. The smallest absolute Gasteiger partial charge is 0.266 e. The van der Waals surface area contributed by atoms with Gasteiger partial charge in [0.15, 0.2) is 5.16 Å². The number of thioether (sulfide) groups is 1. The van der Waals surface area contributed by atoms with E-state index in [0.717, 1.165) is 32.1 Å². The number of hydrogen-bond acceptors (Lipinski definition) is 6. The molecule has 0 spiro atoms. The van der Waals surface area contributed by atoms with Gasteiger partial charge in [-0.2, -0.15) is 0 Å². The molecule has 0 fully saturated rings. The summed E-state index contributed by atoms with van der Waals surface area (Å²) < 4.78 is 1.67. The summed E-state index contributed by atoms with van der Waals surface area (Å²) in [6.45, 7) is 7.98. The molecule has 1 N–H and O–H groups in total. The van der Waals surface area contributed by atoms with E-state index in [9.17, 15) is 9.59 Å². The van der Waals surface area contributed by atoms with E-state index in [1.165, 1.54) is 23.1 Å². The van der Waals surface area contributed by atoms with Gasteiger partial charge in [-0.05, 0) is 62.6 Å². The van der Waals surface area contributed by atoms with Crippen molar-refractivity contribution in [3.05, 3.63) is 90.6 Å². The molecule has 0 atom stereocenters. The molecule has 0 saturated heterocycles. The Morgan fingerprint density at radius 3 is 2.58 bits per heavy atom. The number of nitrogens with one attached hydrogen (secondary N) is 1. The van der Waals surface area contributed by atoms with E-state index in [4.69, 9.17) is 4.98 Å². The molecular formula is C25H22N4O2S2. The SMILES string of the molecule is Cc1cccc(-n2c(SCc3nc4sc(C)c(C)c4c(=O)[nH]3)nc3ccccc3c2=O)c1C. The average Bonchev–Trinajstić information content (AvgIpc) is 3.08. The molecule has 0 aliphatic carbocycles. The molecule has 5 aromatic rings. The summed E-state index contributed by atoms with van der Waals surface area (Å²) in [6.07, 6.45) is 0. The molecule has 8 heteroatoms. The van der Waals surface area contributed by atoms with E-state index in [0.29, 0.717) is 33.0 Å². The summed E-state index contributed by atoms with van der Waals surface area (Å²) in [5.74, 6) is 0.949. The molecule has 3 aromatic heterocycles. The Morgan fingerprint density at radius 2 is 1.76 bits per heavy atom. The Balaban J connectivity index is 1.64. The topological polar surface area (TPSA) is 80.6 Å². The van der Waals surface area contributed by atoms with Crippen molar-refractivity contribution in [2.45, 2.75) is 38.6 Å². The molecule has 0 unspecified atom stereocenters. The van der Waals surface area contributed by atoms with Crippen molar-refractivity contribution in [2.24, 2.45) is 0 Å². The molecule has 5 rings (SSSR count). The normalized spacial score (nSPS) is 11.5. The van der Waals surface area contributed by atoms with Crippen molar-refractivity contribution in [3.8, 4) is 5.69 Å². The lowest BCUT2D eigenvalue weighted by atomic mass is 10.1. The van der Waals surface area contributed by atoms with E-state index in [-0.39, 0.29) is 11.1 Å². The number of rotatable bonds is 4. The van der Waals surface area contributed by atoms with Gasteiger partial charge in [0.1, 0.15) is 10.7 Å². The first-order chi connectivity index (χ1) is 15.8. The van der Waals surface area contributed by atoms with E-state index in [1.807, 2.05) is 64.1 Å². The van der Waals surface area contributed by atoms with Crippen molar-refractivity contribution >= 4 is 44.2 Å². The fraction of sp³-hybridized carbons (Fsp3) is 0.200. The first-order valence-corrected chi connectivity index (χ1v) is 12.4. The Kier molecular flexibility index (Phi) is 5.42. The highest BCUT2D eigenvalue weighted by molar-refractivity contribution is 7.98. The molecule has 0 saturated carbocycles. The first-order valence-electron chi connectivity index (χ1n) is 10.5. The van der Waals surface area contributed by atoms with Gasteiger partial charge in [0, 0.05) is 4.88 Å². The number of nitrogens with zero attached hydrogens (tertiary/aromatic N) is 3. The van der Waals surface area contributed by atoms with Gasteiger partial charge in [0.05, 0.1) is 27.7 Å². The largest absolute Gasteiger partial charge is 0.309 e. The van der Waals surface area contributed by atoms with Crippen LogP contribution < -0.4 is 11.1 Å². The third kappa shape index (κ3) is 3.69. The van der Waals surface area contributed by atoms with E-state index in [1.54, 1.807) is 10.6 Å². The van der Waals surface area contributed by atoms with Gasteiger partial charge in [-0.3, -0.25) is 14.2 Å². The van der Waals surface area contributed by atoms with Crippen LogP contribution in [0.15, 0.2) is 57.2 Å². The summed E-state index contributed by atoms with van der Waals surface area (Å²) >= 11 is 2.92. The van der Waals surface area contributed by atoms with Gasteiger partial charge in [-0.25, -0.2) is 9.97 Å². The molecule has 0 bridgehead atoms. The summed E-state index contributed by atoms with van der Waals surface area (Å²) in [6, 6.07) is 13.3. The van der Waals surface area contributed by atoms with Gasteiger partial charge >= 0.3 is 0 Å². The molecule has 0 aliphatic rings. The van der Waals surface area contributed by atoms with Crippen LogP contribution in [-0.2, 0) is 5.75 Å². The van der Waals surface area contributed by atoms with Gasteiger partial charge in [0.25, 0.3) is 11.1 Å². The Labute approximate surface area is 198 Å². The Hall–Kier alpha value is -3.23. The lowest BCUT2D eigenvalue weighted by Crippen LogP contribution is -2.23. The average molecular weight is 475 g/mol. The van der Waals surface area contributed by atoms with Crippen LogP contribution in [0.25, 0.3) is 26.8 Å². The van der Waals surface area contributed by atoms with Gasteiger partial charge in [0.2, 0.25) is 0 Å². The predicted molar refractivity (Wildman–Crippen MR) is 136 cm³/mol. The molecule has 0 radical (unpaired) electrons. The van der Waals surface area contributed by atoms with Crippen LogP contribution >= 0.6 is 23.1 Å². The number of fused-ring (bicyclic) bond motifs is 2. The highest BCUT2D eigenvalue weighted by Gasteiger charge is 2.17. The predicted octanol–water partition coefficient (Wildman–Crippen LogP) is 5.21. The van der Waals surface area contributed by atoms with E-state index >= 15 is 0 Å². The van der Waals surface area contributed by atoms with Gasteiger partial charge < -0.3 is 4.98 Å². The monoisotopic (exact) mass is 474 g/mol. The zero-order valence-electron chi connectivity index (χ0n) is 18.7. The van der Waals surface area contributed by atoms with E-state index in [2.05, 4.69) is 9.97 Å². The zero-order valence-corrected chi connectivity index (χ0v) is 20.4. The van der Waals surface area contributed by atoms with Crippen molar-refractivity contribution in [1.82, 2.24) is 19.5 Å². The second kappa shape index (κ2) is 8.28. The molecule has 0 aliphatic heterocycles. The number of aryl methyl sites for hydroxylation is 3. The lowest BCUT2D eigenvalue weighted by Gasteiger charge is -2.16. The number of aromatic nitrogens is 4. The fourth-order valence-corrected chi connectivity index (χ4v) is 5.82. The van der Waals surface area contributed by atoms with Crippen molar-refractivity contribution in [3.63, 3.8) is 0 Å². The van der Waals surface area contributed by atoms with Crippen molar-refractivity contribution < 1.29 is 0 Å². The van der Waals surface area contributed by atoms with Crippen LogP contribution in [0.3, 0.4) is 0 Å². The summed E-state index contributed by atoms with van der Waals surface area (Å²) in [4.78, 5) is 40.4. The van der Waals surface area contributed by atoms with Crippen LogP contribution in [0.4, 0.5) is 0 Å². The zero-order chi connectivity index (χ0) is 23.3. The van der Waals surface area contributed by atoms with Crippen LogP contribution in [0.1, 0.15) is 27.4 Å². The van der Waals surface area contributed by atoms with Gasteiger partial charge in [-0.1, -0.05) is 36.0 Å². The minimum Gasteiger partial charge on any atom is -0.309 e. The molecule has 0 amide bonds. The maximum absolute atomic E-state index is 13.5. The maximum Gasteiger partial charge on any atom is 0.266 e. The first kappa shape index (κ1) is 21.6. The van der Waals surface area contributed by atoms with Crippen LogP contribution in [0.5, 0.6) is 0 Å². The molecular weight excluding hydrogens is 452 g/mol. The number of aromatic amines is 1. The molecule has 33 heavy (non-hydrogen) atoms. The molecule has 2 aromatic carbocycles. The van der Waals surface area contributed by atoms with Crippen LogP contribution in [0.2, 0.25) is 0 Å². The third-order valence-electron chi connectivity index (χ3n) is 5.99. The number of H-pyrrole nitrogens is 1. The maximum atomic E-state index is 13.5.